The first-order valence-corrected chi connectivity index (χ1v) is 10.9. The van der Waals surface area contributed by atoms with Crippen LogP contribution in [-0.2, 0) is 10.0 Å². The van der Waals surface area contributed by atoms with Crippen LogP contribution in [0.2, 0.25) is 0 Å². The molecule has 0 bridgehead atoms. The third-order valence-corrected chi connectivity index (χ3v) is 7.35. The molecule has 0 N–H and O–H groups in total. The van der Waals surface area contributed by atoms with E-state index in [1.807, 2.05) is 11.4 Å². The van der Waals surface area contributed by atoms with Crippen LogP contribution in [0, 0.1) is 0 Å². The molecular formula is C18H19N3O4S2. The fourth-order valence-corrected chi connectivity index (χ4v) is 5.39. The van der Waals surface area contributed by atoms with Crippen LogP contribution in [0.5, 0.6) is 11.6 Å². The quantitative estimate of drug-likeness (QED) is 0.649. The average Bonchev–Trinajstić information content (AvgIpc) is 3.18. The van der Waals surface area contributed by atoms with Crippen molar-refractivity contribution in [3.05, 3.63) is 42.0 Å². The minimum Gasteiger partial charge on any atom is -0.497 e. The lowest BCUT2D eigenvalue weighted by Gasteiger charge is -2.31. The summed E-state index contributed by atoms with van der Waals surface area (Å²) in [6, 6.07) is 8.48. The molecule has 3 heterocycles. The number of hydrogen-bond donors (Lipinski definition) is 0. The van der Waals surface area contributed by atoms with Crippen LogP contribution in [0.25, 0.3) is 10.2 Å². The standard InChI is InChI=1S/C18H19N3O4S2/c1-24-14-3-2-4-15(11-14)27(22,23)21-8-5-13(6-9-21)25-18-17-16(7-10-26-17)19-12-20-18/h2-4,7,10-13H,5-6,8-9H2,1H3. The van der Waals surface area contributed by atoms with E-state index in [1.165, 1.54) is 29.1 Å². The van der Waals surface area contributed by atoms with Crippen molar-refractivity contribution in [1.29, 1.82) is 0 Å². The highest BCUT2D eigenvalue weighted by Crippen LogP contribution is 2.30. The summed E-state index contributed by atoms with van der Waals surface area (Å²) in [5.41, 5.74) is 0.864. The van der Waals surface area contributed by atoms with Crippen molar-refractivity contribution >= 4 is 31.6 Å². The number of sulfonamides is 1. The van der Waals surface area contributed by atoms with Crippen LogP contribution in [0.1, 0.15) is 12.8 Å². The van der Waals surface area contributed by atoms with Gasteiger partial charge in [-0.15, -0.1) is 11.3 Å². The van der Waals surface area contributed by atoms with Gasteiger partial charge >= 0.3 is 0 Å². The molecule has 0 spiro atoms. The Kier molecular flexibility index (Phi) is 4.98. The van der Waals surface area contributed by atoms with E-state index >= 15 is 0 Å². The summed E-state index contributed by atoms with van der Waals surface area (Å²) in [6.07, 6.45) is 2.65. The van der Waals surface area contributed by atoms with Gasteiger partial charge in [0, 0.05) is 19.2 Å². The van der Waals surface area contributed by atoms with Gasteiger partial charge in [-0.05, 0) is 36.4 Å². The lowest BCUT2D eigenvalue weighted by Crippen LogP contribution is -2.41. The molecule has 0 aliphatic carbocycles. The van der Waals surface area contributed by atoms with Crippen LogP contribution in [0.15, 0.2) is 46.9 Å². The van der Waals surface area contributed by atoms with Gasteiger partial charge < -0.3 is 9.47 Å². The summed E-state index contributed by atoms with van der Waals surface area (Å²) in [6.45, 7) is 0.811. The fourth-order valence-electron chi connectivity index (χ4n) is 3.11. The average molecular weight is 406 g/mol. The van der Waals surface area contributed by atoms with Crippen molar-refractivity contribution in [2.75, 3.05) is 20.2 Å². The second-order valence-electron chi connectivity index (χ2n) is 6.21. The van der Waals surface area contributed by atoms with E-state index in [4.69, 9.17) is 9.47 Å². The molecule has 0 radical (unpaired) electrons. The highest BCUT2D eigenvalue weighted by atomic mass is 32.2. The summed E-state index contributed by atoms with van der Waals surface area (Å²) in [5.74, 6) is 1.10. The van der Waals surface area contributed by atoms with Gasteiger partial charge in [0.2, 0.25) is 15.9 Å². The van der Waals surface area contributed by atoms with Crippen LogP contribution < -0.4 is 9.47 Å². The number of fused-ring (bicyclic) bond motifs is 1. The van der Waals surface area contributed by atoms with Gasteiger partial charge in [-0.1, -0.05) is 6.07 Å². The monoisotopic (exact) mass is 405 g/mol. The van der Waals surface area contributed by atoms with Gasteiger partial charge in [-0.3, -0.25) is 0 Å². The molecule has 0 atom stereocenters. The SMILES string of the molecule is COc1cccc(S(=O)(=O)N2CCC(Oc3ncnc4ccsc34)CC2)c1. The number of hydrogen-bond acceptors (Lipinski definition) is 7. The molecule has 4 rings (SSSR count). The largest absolute Gasteiger partial charge is 0.497 e. The van der Waals surface area contributed by atoms with Crippen LogP contribution in [0.4, 0.5) is 0 Å². The Morgan fingerprint density at radius 2 is 2.00 bits per heavy atom. The molecule has 142 valence electrons. The summed E-state index contributed by atoms with van der Waals surface area (Å²) in [7, 11) is -2.02. The Labute approximate surface area is 161 Å². The Morgan fingerprint density at radius 3 is 2.78 bits per heavy atom. The molecule has 2 aromatic heterocycles. The molecule has 1 fully saturated rings. The van der Waals surface area contributed by atoms with Crippen LogP contribution in [-0.4, -0.2) is 49.0 Å². The molecule has 0 amide bonds. The lowest BCUT2D eigenvalue weighted by atomic mass is 10.1. The highest BCUT2D eigenvalue weighted by molar-refractivity contribution is 7.89. The minimum absolute atomic E-state index is 0.0676. The molecule has 9 heteroatoms. The first-order chi connectivity index (χ1) is 13.1. The molecule has 1 aliphatic heterocycles. The van der Waals surface area contributed by atoms with Crippen molar-refractivity contribution in [3.8, 4) is 11.6 Å². The maximum atomic E-state index is 12.9. The predicted octanol–water partition coefficient (Wildman–Crippen LogP) is 2.93. The topological polar surface area (TPSA) is 81.6 Å². The van der Waals surface area contributed by atoms with E-state index in [9.17, 15) is 8.42 Å². The first kappa shape index (κ1) is 18.1. The number of nitrogens with zero attached hydrogens (tertiary/aromatic N) is 3. The van der Waals surface area contributed by atoms with Crippen LogP contribution in [0.3, 0.4) is 0 Å². The van der Waals surface area contributed by atoms with E-state index in [1.54, 1.807) is 24.3 Å². The van der Waals surface area contributed by atoms with Gasteiger partial charge in [0.15, 0.2) is 0 Å². The van der Waals surface area contributed by atoms with Crippen molar-refractivity contribution in [1.82, 2.24) is 14.3 Å². The van der Waals surface area contributed by atoms with Crippen molar-refractivity contribution in [2.45, 2.75) is 23.8 Å². The van der Waals surface area contributed by atoms with Crippen LogP contribution >= 0.6 is 11.3 Å². The zero-order valence-corrected chi connectivity index (χ0v) is 16.4. The van der Waals surface area contributed by atoms with E-state index in [0.29, 0.717) is 37.6 Å². The summed E-state index contributed by atoms with van der Waals surface area (Å²) >= 11 is 1.54. The third-order valence-electron chi connectivity index (χ3n) is 4.57. The van der Waals surface area contributed by atoms with E-state index in [2.05, 4.69) is 9.97 Å². The normalized spacial score (nSPS) is 16.5. The van der Waals surface area contributed by atoms with Gasteiger partial charge in [-0.2, -0.15) is 4.31 Å². The third kappa shape index (κ3) is 3.62. The molecule has 0 unspecified atom stereocenters. The summed E-state index contributed by atoms with van der Waals surface area (Å²) in [5, 5.41) is 1.95. The Hall–Kier alpha value is -2.23. The molecule has 1 saturated heterocycles. The van der Waals surface area contributed by atoms with Crippen molar-refractivity contribution in [3.63, 3.8) is 0 Å². The molecule has 3 aromatic rings. The van der Waals surface area contributed by atoms with E-state index in [-0.39, 0.29) is 11.0 Å². The number of piperidine rings is 1. The number of thiophene rings is 1. The van der Waals surface area contributed by atoms with Gasteiger partial charge in [-0.25, -0.2) is 18.4 Å². The number of methoxy groups -OCH3 is 1. The molecule has 7 nitrogen and oxygen atoms in total. The highest BCUT2D eigenvalue weighted by Gasteiger charge is 2.30. The first-order valence-electron chi connectivity index (χ1n) is 8.57. The fraction of sp³-hybridized carbons (Fsp3) is 0.333. The number of aromatic nitrogens is 2. The Balaban J connectivity index is 1.44. The summed E-state index contributed by atoms with van der Waals surface area (Å²) < 4.78 is 39.3. The number of rotatable bonds is 5. The molecule has 27 heavy (non-hydrogen) atoms. The number of ether oxygens (including phenoxy) is 2. The Bertz CT molecular complexity index is 1040. The Morgan fingerprint density at radius 1 is 1.19 bits per heavy atom. The van der Waals surface area contributed by atoms with Gasteiger partial charge in [0.1, 0.15) is 22.9 Å². The van der Waals surface area contributed by atoms with Gasteiger partial charge in [0.05, 0.1) is 17.5 Å². The second kappa shape index (κ2) is 7.41. The second-order valence-corrected chi connectivity index (χ2v) is 9.07. The smallest absolute Gasteiger partial charge is 0.243 e. The molecular weight excluding hydrogens is 386 g/mol. The minimum atomic E-state index is -3.54. The van der Waals surface area contributed by atoms with E-state index < -0.39 is 10.0 Å². The zero-order chi connectivity index (χ0) is 18.9. The molecule has 1 aliphatic rings. The van der Waals surface area contributed by atoms with Gasteiger partial charge in [0.25, 0.3) is 0 Å². The van der Waals surface area contributed by atoms with Crippen molar-refractivity contribution < 1.29 is 17.9 Å². The molecule has 0 saturated carbocycles. The zero-order valence-electron chi connectivity index (χ0n) is 14.7. The maximum Gasteiger partial charge on any atom is 0.243 e. The van der Waals surface area contributed by atoms with E-state index in [0.717, 1.165) is 10.2 Å². The molecule has 1 aromatic carbocycles. The summed E-state index contributed by atoms with van der Waals surface area (Å²) in [4.78, 5) is 8.70. The van der Waals surface area contributed by atoms with Crippen molar-refractivity contribution in [2.24, 2.45) is 0 Å². The lowest BCUT2D eigenvalue weighted by molar-refractivity contribution is 0.132. The maximum absolute atomic E-state index is 12.9. The number of benzene rings is 1. The predicted molar refractivity (Wildman–Crippen MR) is 103 cm³/mol.